The van der Waals surface area contributed by atoms with E-state index in [2.05, 4.69) is 73.5 Å². The largest absolute Gasteiger partial charge is 0.364 e. The minimum atomic E-state index is 0.597. The Hall–Kier alpha value is -0.720. The zero-order chi connectivity index (χ0) is 16.5. The van der Waals surface area contributed by atoms with Gasteiger partial charge in [0, 0.05) is 11.9 Å². The minimum absolute atomic E-state index is 0.597. The van der Waals surface area contributed by atoms with E-state index in [1.165, 1.54) is 16.8 Å². The van der Waals surface area contributed by atoms with Gasteiger partial charge in [0.25, 0.3) is 0 Å². The number of rotatable bonds is 3. The molecule has 0 saturated heterocycles. The summed E-state index contributed by atoms with van der Waals surface area (Å²) in [4.78, 5) is 3.44. The van der Waals surface area contributed by atoms with Gasteiger partial charge in [-0.05, 0) is 34.8 Å². The molecule has 0 aliphatic heterocycles. The van der Waals surface area contributed by atoms with Crippen LogP contribution in [0.3, 0.4) is 0 Å². The molecule has 120 valence electrons. The van der Waals surface area contributed by atoms with Crippen molar-refractivity contribution >= 4 is 0 Å². The highest BCUT2D eigenvalue weighted by atomic mass is 14.7. The maximum absolute atomic E-state index is 3.44. The van der Waals surface area contributed by atoms with Gasteiger partial charge in [-0.3, -0.25) is 0 Å². The molecule has 1 N–H and O–H groups in total. The molecule has 0 spiro atoms. The topological polar surface area (TPSA) is 15.8 Å². The monoisotopic (exact) mass is 281 g/mol. The molecule has 0 unspecified atom stereocenters. The van der Waals surface area contributed by atoms with Crippen molar-refractivity contribution in [3.63, 3.8) is 0 Å². The van der Waals surface area contributed by atoms with E-state index < -0.39 is 0 Å². The summed E-state index contributed by atoms with van der Waals surface area (Å²) in [7, 11) is 0. The molecule has 1 heterocycles. The predicted octanol–water partition coefficient (Wildman–Crippen LogP) is 7.07. The van der Waals surface area contributed by atoms with Crippen molar-refractivity contribution in [3.05, 3.63) is 23.0 Å². The molecule has 0 aromatic carbocycles. The third-order valence-electron chi connectivity index (χ3n) is 2.76. The Kier molecular flexibility index (Phi) is 11.9. The zero-order valence-electron chi connectivity index (χ0n) is 15.9. The summed E-state index contributed by atoms with van der Waals surface area (Å²) in [6, 6.07) is 0. The van der Waals surface area contributed by atoms with Gasteiger partial charge >= 0.3 is 0 Å². The van der Waals surface area contributed by atoms with E-state index in [0.717, 1.165) is 5.92 Å². The maximum atomic E-state index is 3.44. The van der Waals surface area contributed by atoms with Crippen LogP contribution in [-0.4, -0.2) is 4.98 Å². The number of aromatic amines is 1. The lowest BCUT2D eigenvalue weighted by atomic mass is 9.90. The Balaban J connectivity index is 0. The van der Waals surface area contributed by atoms with E-state index in [0.29, 0.717) is 17.8 Å². The summed E-state index contributed by atoms with van der Waals surface area (Å²) in [5, 5.41) is 0. The number of hydrogen-bond donors (Lipinski definition) is 1. The van der Waals surface area contributed by atoms with Crippen LogP contribution in [0.2, 0.25) is 0 Å². The number of nitrogens with one attached hydrogen (secondary N) is 1. The third-order valence-corrected chi connectivity index (χ3v) is 2.76. The molecule has 0 saturated carbocycles. The van der Waals surface area contributed by atoms with E-state index in [-0.39, 0.29) is 0 Å². The van der Waals surface area contributed by atoms with Gasteiger partial charge in [-0.2, -0.15) is 0 Å². The SMILES string of the molecule is CC.CC(C)C.CC(C)c1c[nH]c(C(C)C)c1C(C)C. The summed E-state index contributed by atoms with van der Waals surface area (Å²) in [5.74, 6) is 2.67. The predicted molar refractivity (Wildman–Crippen MR) is 94.9 cm³/mol. The van der Waals surface area contributed by atoms with Gasteiger partial charge in [-0.15, -0.1) is 0 Å². The molecule has 0 radical (unpaired) electrons. The highest BCUT2D eigenvalue weighted by molar-refractivity contribution is 5.37. The van der Waals surface area contributed by atoms with Crippen LogP contribution in [0.4, 0.5) is 0 Å². The van der Waals surface area contributed by atoms with Crippen LogP contribution < -0.4 is 0 Å². The number of H-pyrrole nitrogens is 1. The Morgan fingerprint density at radius 3 is 1.35 bits per heavy atom. The molecule has 1 heteroatoms. The lowest BCUT2D eigenvalue weighted by Gasteiger charge is -2.14. The normalized spacial score (nSPS) is 10.6. The second-order valence-electron chi connectivity index (χ2n) is 6.77. The van der Waals surface area contributed by atoms with Gasteiger partial charge in [0.05, 0.1) is 0 Å². The molecule has 1 aromatic heterocycles. The van der Waals surface area contributed by atoms with Crippen molar-refractivity contribution in [1.82, 2.24) is 4.98 Å². The molecule has 1 rings (SSSR count). The Bertz CT molecular complexity index is 301. The maximum Gasteiger partial charge on any atom is 0.0211 e. The number of hydrogen-bond acceptors (Lipinski definition) is 0. The lowest BCUT2D eigenvalue weighted by Crippen LogP contribution is -2.00. The first kappa shape index (κ1) is 21.6. The molecule has 0 bridgehead atoms. The van der Waals surface area contributed by atoms with Crippen molar-refractivity contribution in [3.8, 4) is 0 Å². The fourth-order valence-electron chi connectivity index (χ4n) is 2.07. The highest BCUT2D eigenvalue weighted by Crippen LogP contribution is 2.32. The Morgan fingerprint density at radius 2 is 1.10 bits per heavy atom. The van der Waals surface area contributed by atoms with E-state index in [4.69, 9.17) is 0 Å². The highest BCUT2D eigenvalue weighted by Gasteiger charge is 2.17. The zero-order valence-corrected chi connectivity index (χ0v) is 15.9. The van der Waals surface area contributed by atoms with Crippen LogP contribution in [0.15, 0.2) is 6.20 Å². The average molecular weight is 282 g/mol. The molecular formula is C19H39N. The summed E-state index contributed by atoms with van der Waals surface area (Å²) >= 11 is 0. The molecule has 0 aliphatic carbocycles. The van der Waals surface area contributed by atoms with E-state index in [1.807, 2.05) is 13.8 Å². The second kappa shape index (κ2) is 11.0. The van der Waals surface area contributed by atoms with Gasteiger partial charge in [-0.25, -0.2) is 0 Å². The molecule has 1 nitrogen and oxygen atoms in total. The van der Waals surface area contributed by atoms with Crippen LogP contribution >= 0.6 is 0 Å². The van der Waals surface area contributed by atoms with Gasteiger partial charge < -0.3 is 4.98 Å². The fourth-order valence-corrected chi connectivity index (χ4v) is 2.07. The first-order valence-electron chi connectivity index (χ1n) is 8.39. The van der Waals surface area contributed by atoms with Crippen LogP contribution in [-0.2, 0) is 0 Å². The van der Waals surface area contributed by atoms with Crippen molar-refractivity contribution in [2.75, 3.05) is 0 Å². The van der Waals surface area contributed by atoms with Crippen molar-refractivity contribution in [1.29, 1.82) is 0 Å². The summed E-state index contributed by atoms with van der Waals surface area (Å²) < 4.78 is 0. The van der Waals surface area contributed by atoms with Gasteiger partial charge in [-0.1, -0.05) is 76.2 Å². The van der Waals surface area contributed by atoms with E-state index in [9.17, 15) is 0 Å². The first-order chi connectivity index (χ1) is 9.18. The lowest BCUT2D eigenvalue weighted by molar-refractivity contribution is 0.737. The second-order valence-corrected chi connectivity index (χ2v) is 6.77. The van der Waals surface area contributed by atoms with Gasteiger partial charge in [0.2, 0.25) is 0 Å². The quantitative estimate of drug-likeness (QED) is 0.609. The summed E-state index contributed by atoms with van der Waals surface area (Å²) in [6.45, 7) is 24.1. The molecule has 20 heavy (non-hydrogen) atoms. The molecule has 0 atom stereocenters. The third kappa shape index (κ3) is 7.77. The molecule has 1 aromatic rings. The molecular weight excluding hydrogens is 242 g/mol. The van der Waals surface area contributed by atoms with Crippen molar-refractivity contribution < 1.29 is 0 Å². The van der Waals surface area contributed by atoms with Gasteiger partial charge in [0.15, 0.2) is 0 Å². The molecule has 0 fully saturated rings. The summed E-state index contributed by atoms with van der Waals surface area (Å²) in [6.07, 6.45) is 2.19. The number of aromatic nitrogens is 1. The van der Waals surface area contributed by atoms with Crippen LogP contribution in [0.5, 0.6) is 0 Å². The Morgan fingerprint density at radius 1 is 0.700 bits per heavy atom. The van der Waals surface area contributed by atoms with E-state index >= 15 is 0 Å². The van der Waals surface area contributed by atoms with Crippen LogP contribution in [0.25, 0.3) is 0 Å². The standard InChI is InChI=1S/C13H23N.C4H10.C2H6/c1-8(2)11-7-14-13(10(5)6)12(11)9(3)4;1-4(2)3;1-2/h7-10,14H,1-6H3;4H,1-3H3;1-2H3. The molecule has 0 amide bonds. The Labute approximate surface area is 128 Å². The average Bonchev–Trinajstić information content (AvgIpc) is 2.75. The van der Waals surface area contributed by atoms with Crippen LogP contribution in [0, 0.1) is 5.92 Å². The van der Waals surface area contributed by atoms with Crippen LogP contribution in [0.1, 0.15) is 111 Å². The first-order valence-corrected chi connectivity index (χ1v) is 8.39. The molecule has 0 aliphatic rings. The summed E-state index contributed by atoms with van der Waals surface area (Å²) in [5.41, 5.74) is 4.45. The van der Waals surface area contributed by atoms with Gasteiger partial charge in [0.1, 0.15) is 0 Å². The van der Waals surface area contributed by atoms with Crippen molar-refractivity contribution in [2.24, 2.45) is 5.92 Å². The van der Waals surface area contributed by atoms with E-state index in [1.54, 1.807) is 0 Å². The minimum Gasteiger partial charge on any atom is -0.364 e. The van der Waals surface area contributed by atoms with Crippen molar-refractivity contribution in [2.45, 2.75) is 93.9 Å². The fraction of sp³-hybridized carbons (Fsp3) is 0.789. The smallest absolute Gasteiger partial charge is 0.0211 e.